The van der Waals surface area contributed by atoms with Crippen LogP contribution < -0.4 is 42.5 Å². The molecule has 0 saturated heterocycles. The molecule has 0 spiro atoms. The van der Waals surface area contributed by atoms with Gasteiger partial charge in [0.15, 0.2) is 0 Å². The number of sulfonamides is 2. The summed E-state index contributed by atoms with van der Waals surface area (Å²) in [6.45, 7) is -1.05. The van der Waals surface area contributed by atoms with Crippen LogP contribution in [0, 0.1) is 0 Å². The fourth-order valence-corrected chi connectivity index (χ4v) is 13.6. The number of benzene rings is 4. The van der Waals surface area contributed by atoms with Crippen LogP contribution in [0.1, 0.15) is 94.7 Å². The molecule has 10 rings (SSSR count). The van der Waals surface area contributed by atoms with Crippen LogP contribution in [0.4, 0.5) is 22.7 Å². The minimum absolute atomic E-state index is 0.00151. The third-order valence-corrected chi connectivity index (χ3v) is 19.9. The number of carbonyl (C=O) groups is 8. The molecule has 6 aromatic rings. The van der Waals surface area contributed by atoms with E-state index in [1.54, 1.807) is 84.8 Å². The van der Waals surface area contributed by atoms with E-state index in [1.807, 2.05) is 12.1 Å². The van der Waals surface area contributed by atoms with Gasteiger partial charge in [0.2, 0.25) is 55.5 Å². The highest BCUT2D eigenvalue weighted by Gasteiger charge is 2.31. The van der Waals surface area contributed by atoms with Gasteiger partial charge in [-0.2, -0.15) is 8.61 Å². The zero-order chi connectivity index (χ0) is 65.3. The largest absolute Gasteiger partial charge is 0.359 e. The molecule has 0 radical (unpaired) electrons. The Bertz CT molecular complexity index is 3860. The molecule has 8 amide bonds. The average molecular weight is 1290 g/mol. The van der Waals surface area contributed by atoms with E-state index in [9.17, 15) is 55.2 Å². The van der Waals surface area contributed by atoms with Gasteiger partial charge in [-0.05, 0) is 166 Å². The Morgan fingerprint density at radius 1 is 0.467 bits per heavy atom. The highest BCUT2D eigenvalue weighted by Crippen LogP contribution is 2.38. The van der Waals surface area contributed by atoms with Gasteiger partial charge < -0.3 is 57.4 Å². The maximum Gasteiger partial charge on any atom is 0.256 e. The Morgan fingerprint density at radius 2 is 0.837 bits per heavy atom. The molecule has 0 bridgehead atoms. The first-order valence-electron chi connectivity index (χ1n) is 30.3. The molecule has 4 aromatic carbocycles. The minimum atomic E-state index is -3.99. The van der Waals surface area contributed by atoms with Crippen molar-refractivity contribution in [3.8, 4) is 0 Å². The van der Waals surface area contributed by atoms with Crippen LogP contribution >= 0.6 is 0 Å². The Morgan fingerprint density at radius 3 is 1.23 bits per heavy atom. The summed E-state index contributed by atoms with van der Waals surface area (Å²) >= 11 is 0. The lowest BCUT2D eigenvalue weighted by atomic mass is 9.98. The van der Waals surface area contributed by atoms with E-state index >= 15 is 0 Å². The van der Waals surface area contributed by atoms with Gasteiger partial charge in [-0.25, -0.2) is 16.8 Å². The average Bonchev–Trinajstić information content (AvgIpc) is 1.71. The Hall–Kier alpha value is -9.54. The van der Waals surface area contributed by atoms with Crippen molar-refractivity contribution in [2.75, 3.05) is 81.7 Å². The second-order valence-electron chi connectivity index (χ2n) is 23.2. The van der Waals surface area contributed by atoms with Gasteiger partial charge in [-0.15, -0.1) is 0 Å². The lowest BCUT2D eigenvalue weighted by Gasteiger charge is -2.18. The molecule has 2 aromatic heterocycles. The van der Waals surface area contributed by atoms with Gasteiger partial charge >= 0.3 is 0 Å². The first-order chi connectivity index (χ1) is 44.0. The van der Waals surface area contributed by atoms with E-state index in [2.05, 4.69) is 52.5 Å². The van der Waals surface area contributed by atoms with E-state index < -0.39 is 55.5 Å². The highest BCUT2D eigenvalue weighted by atomic mass is 32.2. The molecule has 0 unspecified atom stereocenters. The number of nitrogens with one attached hydrogen (secondary N) is 10. The third-order valence-electron chi connectivity index (χ3n) is 16.3. The molecule has 482 valence electrons. The normalized spacial score (nSPS) is 15.1. The molecular formula is C65H73N13O12S2. The fraction of sp³-hybridized carbons (Fsp3) is 0.323. The van der Waals surface area contributed by atoms with Crippen molar-refractivity contribution in [1.29, 1.82) is 0 Å². The predicted octanol–water partition coefficient (Wildman–Crippen LogP) is 4.48. The number of hydrogen-bond acceptors (Lipinski definition) is 13. The second kappa shape index (κ2) is 28.7. The molecule has 0 atom stereocenters. The predicted molar refractivity (Wildman–Crippen MR) is 347 cm³/mol. The van der Waals surface area contributed by atoms with Crippen LogP contribution in [0.25, 0.3) is 23.3 Å². The van der Waals surface area contributed by atoms with Crippen molar-refractivity contribution in [2.24, 2.45) is 0 Å². The number of nitrogens with zero attached hydrogens (tertiary/aromatic N) is 3. The number of hydrogen-bond donors (Lipinski definition) is 10. The molecule has 92 heavy (non-hydrogen) atoms. The topological polar surface area (TPSA) is 342 Å². The third kappa shape index (κ3) is 16.3. The molecular weight excluding hydrogens is 1220 g/mol. The summed E-state index contributed by atoms with van der Waals surface area (Å²) in [7, 11) is -3.39. The number of aromatic nitrogens is 2. The Labute approximate surface area is 532 Å². The molecule has 2 aliphatic carbocycles. The van der Waals surface area contributed by atoms with Crippen LogP contribution in [0.15, 0.2) is 107 Å². The molecule has 4 aliphatic rings. The van der Waals surface area contributed by atoms with Gasteiger partial charge in [0.05, 0.1) is 47.1 Å². The quantitative estimate of drug-likeness (QED) is 0.0335. The van der Waals surface area contributed by atoms with Crippen molar-refractivity contribution >= 4 is 113 Å². The zero-order valence-corrected chi connectivity index (χ0v) is 52.8. The van der Waals surface area contributed by atoms with Crippen molar-refractivity contribution in [3.05, 3.63) is 153 Å². The van der Waals surface area contributed by atoms with E-state index in [0.29, 0.717) is 56.1 Å². The van der Waals surface area contributed by atoms with E-state index in [0.717, 1.165) is 62.8 Å². The summed E-state index contributed by atoms with van der Waals surface area (Å²) in [5.41, 5.74) is 11.3. The summed E-state index contributed by atoms with van der Waals surface area (Å²) in [6, 6.07) is 26.2. The smallest absolute Gasteiger partial charge is 0.256 e. The Kier molecular flexibility index (Phi) is 20.4. The summed E-state index contributed by atoms with van der Waals surface area (Å²) in [5.74, 6) is -3.81. The number of anilines is 4. The zero-order valence-electron chi connectivity index (χ0n) is 51.2. The number of amides is 8. The van der Waals surface area contributed by atoms with Crippen LogP contribution in [0.2, 0.25) is 0 Å². The number of aromatic amines is 2. The number of rotatable bonds is 26. The lowest BCUT2D eigenvalue weighted by molar-refractivity contribution is -0.127. The molecule has 0 fully saturated rings. The number of aryl methyl sites for hydroxylation is 4. The van der Waals surface area contributed by atoms with Crippen LogP contribution in [-0.4, -0.2) is 148 Å². The minimum Gasteiger partial charge on any atom is -0.359 e. The van der Waals surface area contributed by atoms with Gasteiger partial charge in [-0.1, -0.05) is 24.3 Å². The number of fused-ring (bicyclic) bond motifs is 4. The van der Waals surface area contributed by atoms with Crippen molar-refractivity contribution in [3.63, 3.8) is 0 Å². The van der Waals surface area contributed by atoms with E-state index in [4.69, 9.17) is 0 Å². The van der Waals surface area contributed by atoms with Crippen LogP contribution in [0.5, 0.6) is 0 Å². The van der Waals surface area contributed by atoms with Gasteiger partial charge in [0, 0.05) is 110 Å². The van der Waals surface area contributed by atoms with Crippen LogP contribution in [-0.2, 0) is 97.2 Å². The molecule has 27 heteroatoms. The SMILES string of the molecule is CN(CCC(=O)NCC(=O)NCC(=O)Nc1ccc(CN(C)S(=O)(=O)c2ccc3c(c2)/C(=C\c2cc4c([nH]2)CCCC4)C(=O)N3)cc1)CCC(=O)NCC(=O)NCC(=O)Nc1ccc(CN(C)S(=O)(=O)c2ccc3c(c2)/C(=C\c2cc4c([nH]2)CCCC4)C(=O)N3)cc1. The standard InChI is InChI=1S/C65H73N13O12S2/c1-76(26-24-58(79)66-34-60(81)68-36-62(83)72-44-16-12-40(13-17-44)38-77(2)91(87,88)48-20-22-56-50(32-48)52(64(85)74-56)30-46-28-42-8-4-6-10-54(42)70-46)27-25-59(80)67-35-61(82)69-37-63(84)73-45-18-14-41(15-19-45)39-78(3)92(89,90)49-21-23-57-51(33-49)53(65(86)75-57)31-47-29-43-9-5-7-11-55(43)71-47/h12-23,28-33,70-71H,4-11,24-27,34-39H2,1-3H3,(H,66,79)(H,67,80)(H,68,81)(H,69,82)(H,72,83)(H,73,84)(H,74,85)(H,75,86)/b52-30+,53-31+. The van der Waals surface area contributed by atoms with Crippen molar-refractivity contribution in [1.82, 2.24) is 44.7 Å². The van der Waals surface area contributed by atoms with E-state index in [1.165, 1.54) is 69.5 Å². The van der Waals surface area contributed by atoms with E-state index in [-0.39, 0.29) is 86.8 Å². The van der Waals surface area contributed by atoms with Crippen molar-refractivity contribution < 1.29 is 55.2 Å². The van der Waals surface area contributed by atoms with Crippen LogP contribution in [0.3, 0.4) is 0 Å². The monoisotopic (exact) mass is 1290 g/mol. The maximum atomic E-state index is 13.8. The molecule has 0 saturated carbocycles. The molecule has 2 aliphatic heterocycles. The molecule has 10 N–H and O–H groups in total. The number of carbonyl (C=O) groups excluding carboxylic acids is 8. The Balaban J connectivity index is 0.564. The summed E-state index contributed by atoms with van der Waals surface area (Å²) in [5, 5.41) is 20.9. The lowest BCUT2D eigenvalue weighted by Crippen LogP contribution is -2.41. The van der Waals surface area contributed by atoms with Crippen molar-refractivity contribution in [2.45, 2.75) is 87.1 Å². The molecule has 4 heterocycles. The second-order valence-corrected chi connectivity index (χ2v) is 27.3. The first-order valence-corrected chi connectivity index (χ1v) is 33.1. The first kappa shape index (κ1) is 65.4. The summed E-state index contributed by atoms with van der Waals surface area (Å²) in [6.07, 6.45) is 11.8. The highest BCUT2D eigenvalue weighted by molar-refractivity contribution is 7.89. The summed E-state index contributed by atoms with van der Waals surface area (Å²) in [4.78, 5) is 110. The van der Waals surface area contributed by atoms with Gasteiger partial charge in [0.25, 0.3) is 11.8 Å². The van der Waals surface area contributed by atoms with Gasteiger partial charge in [-0.3, -0.25) is 38.4 Å². The summed E-state index contributed by atoms with van der Waals surface area (Å²) < 4.78 is 57.4. The van der Waals surface area contributed by atoms with Gasteiger partial charge in [0.1, 0.15) is 0 Å². The fourth-order valence-electron chi connectivity index (χ4n) is 11.2. The molecule has 25 nitrogen and oxygen atoms in total. The maximum absolute atomic E-state index is 13.8. The number of H-pyrrole nitrogens is 2.